The normalized spacial score (nSPS) is 21.2. The van der Waals surface area contributed by atoms with Gasteiger partial charge in [0.2, 0.25) is 5.91 Å². The van der Waals surface area contributed by atoms with Gasteiger partial charge in [-0.2, -0.15) is 4.98 Å². The number of pyridine rings is 1. The van der Waals surface area contributed by atoms with Gasteiger partial charge in [-0.05, 0) is 30.7 Å². The number of rotatable bonds is 4. The van der Waals surface area contributed by atoms with Crippen molar-refractivity contribution in [2.45, 2.75) is 32.0 Å². The highest BCUT2D eigenvalue weighted by Gasteiger charge is 2.44. The number of benzene rings is 1. The minimum Gasteiger partial charge on any atom is -0.464 e. The highest BCUT2D eigenvalue weighted by molar-refractivity contribution is 7.20. The maximum Gasteiger partial charge on any atom is 0.281 e. The number of carbonyl (C=O) groups excluding carboxylic acids is 1. The van der Waals surface area contributed by atoms with Gasteiger partial charge in [0.25, 0.3) is 5.19 Å². The van der Waals surface area contributed by atoms with Gasteiger partial charge in [0.15, 0.2) is 5.65 Å². The lowest BCUT2D eigenvalue weighted by molar-refractivity contribution is -0.131. The summed E-state index contributed by atoms with van der Waals surface area (Å²) in [6.07, 6.45) is 4.64. The zero-order chi connectivity index (χ0) is 20.2. The summed E-state index contributed by atoms with van der Waals surface area (Å²) in [7, 11) is 0. The molecule has 2 saturated heterocycles. The maximum absolute atomic E-state index is 11.7. The van der Waals surface area contributed by atoms with E-state index in [4.69, 9.17) is 9.15 Å². The van der Waals surface area contributed by atoms with Crippen molar-refractivity contribution in [3.63, 3.8) is 0 Å². The molecular weight excluding hydrogens is 400 g/mol. The third-order valence-electron chi connectivity index (χ3n) is 6.11. The molecular formula is C22H20N4O3S. The molecule has 0 aliphatic carbocycles. The van der Waals surface area contributed by atoms with E-state index in [1.807, 2.05) is 41.5 Å². The Labute approximate surface area is 176 Å². The van der Waals surface area contributed by atoms with Crippen molar-refractivity contribution in [1.29, 1.82) is 0 Å². The van der Waals surface area contributed by atoms with Crippen molar-refractivity contribution in [2.75, 3.05) is 13.1 Å². The molecule has 1 aromatic carbocycles. The Bertz CT molecular complexity index is 1230. The van der Waals surface area contributed by atoms with Crippen LogP contribution in [0.2, 0.25) is 0 Å². The van der Waals surface area contributed by atoms with Gasteiger partial charge in [-0.3, -0.25) is 9.69 Å². The average molecular weight is 420 g/mol. The lowest BCUT2D eigenvalue weighted by Gasteiger charge is -2.33. The van der Waals surface area contributed by atoms with Gasteiger partial charge in [0, 0.05) is 61.9 Å². The molecule has 5 heterocycles. The molecule has 2 aliphatic rings. The summed E-state index contributed by atoms with van der Waals surface area (Å²) in [4.78, 5) is 24.9. The molecule has 3 aromatic heterocycles. The van der Waals surface area contributed by atoms with Crippen LogP contribution in [0.1, 0.15) is 18.9 Å². The number of ether oxygens (including phenoxy) is 1. The molecule has 4 aromatic rings. The summed E-state index contributed by atoms with van der Waals surface area (Å²) in [5.74, 6) is 0.882. The van der Waals surface area contributed by atoms with Crippen molar-refractivity contribution >= 4 is 38.6 Å². The largest absolute Gasteiger partial charge is 0.464 e. The van der Waals surface area contributed by atoms with Crippen LogP contribution in [0.4, 0.5) is 0 Å². The number of hydrogen-bond acceptors (Lipinski definition) is 7. The zero-order valence-corrected chi connectivity index (χ0v) is 17.3. The first-order valence-electron chi connectivity index (χ1n) is 10.0. The van der Waals surface area contributed by atoms with E-state index < -0.39 is 0 Å². The Morgan fingerprint density at radius 2 is 2.23 bits per heavy atom. The number of nitrogens with zero attached hydrogens (tertiary/aromatic N) is 4. The number of fused-ring (bicyclic) bond motifs is 4. The second-order valence-electron chi connectivity index (χ2n) is 7.97. The van der Waals surface area contributed by atoms with E-state index >= 15 is 0 Å². The van der Waals surface area contributed by atoms with Crippen molar-refractivity contribution in [1.82, 2.24) is 19.8 Å². The number of thiazole rings is 1. The fraction of sp³-hybridized carbons (Fsp3) is 0.318. The van der Waals surface area contributed by atoms with E-state index in [0.717, 1.165) is 41.7 Å². The van der Waals surface area contributed by atoms with Gasteiger partial charge in [0.05, 0.1) is 11.0 Å². The Balaban J connectivity index is 1.20. The van der Waals surface area contributed by atoms with Crippen LogP contribution in [-0.2, 0) is 11.3 Å². The number of aromatic nitrogens is 2. The van der Waals surface area contributed by atoms with Crippen LogP contribution in [0.5, 0.6) is 10.9 Å². The van der Waals surface area contributed by atoms with E-state index in [2.05, 4.69) is 14.9 Å². The third kappa shape index (κ3) is 2.95. The number of furan rings is 1. The molecule has 2 fully saturated rings. The first kappa shape index (κ1) is 17.9. The van der Waals surface area contributed by atoms with Gasteiger partial charge in [-0.1, -0.05) is 11.3 Å². The molecule has 0 spiro atoms. The minimum atomic E-state index is 0.187. The number of piperazine rings is 1. The van der Waals surface area contributed by atoms with E-state index in [-0.39, 0.29) is 5.91 Å². The molecule has 0 unspecified atom stereocenters. The Hall–Kier alpha value is -2.97. The molecule has 6 rings (SSSR count). The maximum atomic E-state index is 11.7. The lowest BCUT2D eigenvalue weighted by Crippen LogP contribution is -2.47. The monoisotopic (exact) mass is 420 g/mol. The summed E-state index contributed by atoms with van der Waals surface area (Å²) in [6, 6.07) is 10.6. The highest BCUT2D eigenvalue weighted by atomic mass is 32.1. The third-order valence-corrected chi connectivity index (χ3v) is 7.00. The van der Waals surface area contributed by atoms with Crippen molar-refractivity contribution in [3.05, 3.63) is 48.4 Å². The smallest absolute Gasteiger partial charge is 0.281 e. The van der Waals surface area contributed by atoms with Crippen LogP contribution in [0.25, 0.3) is 21.3 Å². The number of hydrogen-bond donors (Lipinski definition) is 0. The van der Waals surface area contributed by atoms with Crippen LogP contribution < -0.4 is 4.74 Å². The summed E-state index contributed by atoms with van der Waals surface area (Å²) in [5.41, 5.74) is 2.67. The molecule has 0 radical (unpaired) electrons. The molecule has 30 heavy (non-hydrogen) atoms. The summed E-state index contributed by atoms with van der Waals surface area (Å²) < 4.78 is 12.8. The van der Waals surface area contributed by atoms with Crippen LogP contribution in [-0.4, -0.2) is 50.8 Å². The van der Waals surface area contributed by atoms with Crippen LogP contribution in [0, 0.1) is 0 Å². The summed E-state index contributed by atoms with van der Waals surface area (Å²) in [5, 5.41) is 1.66. The first-order valence-corrected chi connectivity index (χ1v) is 10.9. The Morgan fingerprint density at radius 3 is 3.03 bits per heavy atom. The summed E-state index contributed by atoms with van der Waals surface area (Å²) >= 11 is 1.47. The fourth-order valence-corrected chi connectivity index (χ4v) is 5.49. The van der Waals surface area contributed by atoms with Crippen LogP contribution in [0.15, 0.2) is 47.2 Å². The Morgan fingerprint density at radius 1 is 1.30 bits per heavy atom. The van der Waals surface area contributed by atoms with E-state index in [0.29, 0.717) is 28.7 Å². The Kier molecular flexibility index (Phi) is 4.04. The SMILES string of the molecule is CC(=O)N1C[C@H]2C[C@H]1CN2Cc1coc2cc(Oc3nc4ncccc4s3)ccc12. The van der Waals surface area contributed by atoms with Crippen LogP contribution >= 0.6 is 11.3 Å². The standard InChI is InChI=1S/C22H20N4O3S/c1-13(27)26-11-15-7-16(26)10-25(15)9-14-12-28-19-8-17(4-5-18(14)19)29-22-24-21-20(30-22)3-2-6-23-21/h2-6,8,12,15-16H,7,9-11H2,1H3/t15-,16+/m1/s1. The van der Waals surface area contributed by atoms with Gasteiger partial charge < -0.3 is 14.1 Å². The number of carbonyl (C=O) groups is 1. The second kappa shape index (κ2) is 6.78. The molecule has 2 aliphatic heterocycles. The quantitative estimate of drug-likeness (QED) is 0.496. The van der Waals surface area contributed by atoms with E-state index in [9.17, 15) is 4.79 Å². The summed E-state index contributed by atoms with van der Waals surface area (Å²) in [6.45, 7) is 4.28. The minimum absolute atomic E-state index is 0.187. The molecule has 7 nitrogen and oxygen atoms in total. The molecule has 2 bridgehead atoms. The lowest BCUT2D eigenvalue weighted by atomic mass is 10.1. The molecule has 8 heteroatoms. The van der Waals surface area contributed by atoms with Gasteiger partial charge in [0.1, 0.15) is 11.3 Å². The topological polar surface area (TPSA) is 71.7 Å². The predicted octanol–water partition coefficient (Wildman–Crippen LogP) is 4.03. The molecule has 1 amide bonds. The number of likely N-dealkylation sites (tertiary alicyclic amines) is 2. The molecule has 0 saturated carbocycles. The average Bonchev–Trinajstić information content (AvgIpc) is 3.50. The number of amides is 1. The molecule has 0 N–H and O–H groups in total. The van der Waals surface area contributed by atoms with Crippen molar-refractivity contribution in [3.8, 4) is 10.9 Å². The predicted molar refractivity (Wildman–Crippen MR) is 114 cm³/mol. The first-order chi connectivity index (χ1) is 14.6. The van der Waals surface area contributed by atoms with Gasteiger partial charge >= 0.3 is 0 Å². The van der Waals surface area contributed by atoms with Crippen molar-refractivity contribution in [2.24, 2.45) is 0 Å². The molecule has 152 valence electrons. The van der Waals surface area contributed by atoms with E-state index in [1.165, 1.54) is 16.9 Å². The van der Waals surface area contributed by atoms with Gasteiger partial charge in [-0.25, -0.2) is 4.98 Å². The highest BCUT2D eigenvalue weighted by Crippen LogP contribution is 2.35. The molecule has 2 atom stereocenters. The van der Waals surface area contributed by atoms with E-state index in [1.54, 1.807) is 13.1 Å². The zero-order valence-electron chi connectivity index (χ0n) is 16.4. The fourth-order valence-electron chi connectivity index (χ4n) is 4.69. The second-order valence-corrected chi connectivity index (χ2v) is 8.96. The van der Waals surface area contributed by atoms with Gasteiger partial charge in [-0.15, -0.1) is 0 Å². The van der Waals surface area contributed by atoms with Crippen molar-refractivity contribution < 1.29 is 13.9 Å². The van der Waals surface area contributed by atoms with Crippen LogP contribution in [0.3, 0.4) is 0 Å².